The number of ether oxygens (including phenoxy) is 1. The fourth-order valence-electron chi connectivity index (χ4n) is 3.04. The Morgan fingerprint density at radius 1 is 1.15 bits per heavy atom. The number of hydrogen-bond donors (Lipinski definition) is 2. The molecule has 0 saturated heterocycles. The van der Waals surface area contributed by atoms with Gasteiger partial charge in [-0.3, -0.25) is 4.79 Å². The Morgan fingerprint density at radius 3 is 2.37 bits per heavy atom. The van der Waals surface area contributed by atoms with E-state index in [1.165, 1.54) is 26.3 Å². The highest BCUT2D eigenvalue weighted by molar-refractivity contribution is 7.89. The minimum absolute atomic E-state index is 0.0570. The average molecular weight is 388 g/mol. The first-order valence-corrected chi connectivity index (χ1v) is 10.3. The van der Waals surface area contributed by atoms with Gasteiger partial charge in [0.05, 0.1) is 13.2 Å². The van der Waals surface area contributed by atoms with E-state index in [1.807, 2.05) is 31.2 Å². The van der Waals surface area contributed by atoms with Crippen molar-refractivity contribution < 1.29 is 17.9 Å². The van der Waals surface area contributed by atoms with Gasteiger partial charge in [-0.25, -0.2) is 13.1 Å². The zero-order valence-corrected chi connectivity index (χ0v) is 16.5. The maximum Gasteiger partial charge on any atom is 0.251 e. The summed E-state index contributed by atoms with van der Waals surface area (Å²) in [6.45, 7) is 2.02. The van der Waals surface area contributed by atoms with Gasteiger partial charge >= 0.3 is 0 Å². The molecule has 3 rings (SSSR count). The molecule has 0 radical (unpaired) electrons. The van der Waals surface area contributed by atoms with E-state index in [2.05, 4.69) is 10.0 Å². The van der Waals surface area contributed by atoms with E-state index in [0.29, 0.717) is 5.92 Å². The summed E-state index contributed by atoms with van der Waals surface area (Å²) in [7, 11) is -1.03. The summed E-state index contributed by atoms with van der Waals surface area (Å²) in [6, 6.07) is 12.5. The van der Waals surface area contributed by atoms with Crippen LogP contribution in [0.3, 0.4) is 0 Å². The fourth-order valence-corrected chi connectivity index (χ4v) is 3.96. The summed E-state index contributed by atoms with van der Waals surface area (Å²) in [6.07, 6.45) is 2.14. The van der Waals surface area contributed by atoms with Gasteiger partial charge in [-0.05, 0) is 56.5 Å². The molecule has 2 aromatic carbocycles. The number of methoxy groups -OCH3 is 1. The van der Waals surface area contributed by atoms with E-state index < -0.39 is 10.0 Å². The summed E-state index contributed by atoms with van der Waals surface area (Å²) in [5.41, 5.74) is 2.51. The van der Waals surface area contributed by atoms with Crippen LogP contribution in [0.5, 0.6) is 5.75 Å². The van der Waals surface area contributed by atoms with Gasteiger partial charge < -0.3 is 10.1 Å². The molecule has 0 bridgehead atoms. The predicted molar refractivity (Wildman–Crippen MR) is 103 cm³/mol. The van der Waals surface area contributed by atoms with Gasteiger partial charge in [0.2, 0.25) is 10.0 Å². The largest absolute Gasteiger partial charge is 0.495 e. The summed E-state index contributed by atoms with van der Waals surface area (Å²) in [5, 5.41) is 3.07. The Kier molecular flexibility index (Phi) is 5.53. The number of sulfonamides is 1. The van der Waals surface area contributed by atoms with Crippen molar-refractivity contribution in [3.8, 4) is 5.75 Å². The molecule has 0 aromatic heterocycles. The highest BCUT2D eigenvalue weighted by Crippen LogP contribution is 2.41. The number of hydrogen-bond acceptors (Lipinski definition) is 4. The molecule has 1 unspecified atom stereocenters. The van der Waals surface area contributed by atoms with Crippen LogP contribution in [0.25, 0.3) is 0 Å². The SMILES string of the molecule is CNS(=O)(=O)c1cc(C(=O)NC(c2ccc(C)cc2)C2CC2)ccc1OC. The maximum atomic E-state index is 12.8. The van der Waals surface area contributed by atoms with Crippen molar-refractivity contribution in [1.82, 2.24) is 10.0 Å². The van der Waals surface area contributed by atoms with E-state index in [-0.39, 0.29) is 28.2 Å². The van der Waals surface area contributed by atoms with Gasteiger partial charge in [-0.15, -0.1) is 0 Å². The van der Waals surface area contributed by atoms with E-state index in [9.17, 15) is 13.2 Å². The molecule has 1 aliphatic carbocycles. The second-order valence-electron chi connectivity index (χ2n) is 6.77. The van der Waals surface area contributed by atoms with Crippen molar-refractivity contribution >= 4 is 15.9 Å². The van der Waals surface area contributed by atoms with Crippen LogP contribution in [0.4, 0.5) is 0 Å². The van der Waals surface area contributed by atoms with Crippen molar-refractivity contribution in [2.75, 3.05) is 14.2 Å². The van der Waals surface area contributed by atoms with Gasteiger partial charge in [0, 0.05) is 5.56 Å². The first-order valence-electron chi connectivity index (χ1n) is 8.84. The number of carbonyl (C=O) groups excluding carboxylic acids is 1. The fraction of sp³-hybridized carbons (Fsp3) is 0.350. The maximum absolute atomic E-state index is 12.8. The molecule has 1 amide bonds. The van der Waals surface area contributed by atoms with Crippen LogP contribution in [-0.2, 0) is 10.0 Å². The number of amides is 1. The van der Waals surface area contributed by atoms with Crippen molar-refractivity contribution in [2.24, 2.45) is 5.92 Å². The number of benzene rings is 2. The molecule has 0 spiro atoms. The Bertz CT molecular complexity index is 935. The van der Waals surface area contributed by atoms with Crippen molar-refractivity contribution in [3.63, 3.8) is 0 Å². The molecule has 1 saturated carbocycles. The number of carbonyl (C=O) groups is 1. The van der Waals surface area contributed by atoms with Crippen LogP contribution in [-0.4, -0.2) is 28.5 Å². The molecule has 6 nitrogen and oxygen atoms in total. The first kappa shape index (κ1) is 19.4. The molecule has 2 N–H and O–H groups in total. The molecular formula is C20H24N2O4S. The second kappa shape index (κ2) is 7.70. The lowest BCUT2D eigenvalue weighted by Crippen LogP contribution is -2.30. The van der Waals surface area contributed by atoms with Crippen LogP contribution in [0, 0.1) is 12.8 Å². The van der Waals surface area contributed by atoms with Gasteiger partial charge in [0.15, 0.2) is 0 Å². The molecule has 1 atom stereocenters. The zero-order chi connectivity index (χ0) is 19.6. The molecular weight excluding hydrogens is 364 g/mol. The van der Waals surface area contributed by atoms with Gasteiger partial charge in [0.25, 0.3) is 5.91 Å². The number of aryl methyl sites for hydroxylation is 1. The third-order valence-electron chi connectivity index (χ3n) is 4.80. The lowest BCUT2D eigenvalue weighted by Gasteiger charge is -2.19. The van der Waals surface area contributed by atoms with E-state index in [4.69, 9.17) is 4.74 Å². The summed E-state index contributed by atoms with van der Waals surface area (Å²) >= 11 is 0. The van der Waals surface area contributed by atoms with Crippen LogP contribution < -0.4 is 14.8 Å². The Labute approximate surface area is 160 Å². The summed E-state index contributed by atoms with van der Waals surface area (Å²) < 4.78 is 31.8. The molecule has 27 heavy (non-hydrogen) atoms. The molecule has 144 valence electrons. The first-order chi connectivity index (χ1) is 12.9. The van der Waals surface area contributed by atoms with E-state index >= 15 is 0 Å². The lowest BCUT2D eigenvalue weighted by atomic mass is 10.0. The average Bonchev–Trinajstić information content (AvgIpc) is 3.51. The number of nitrogens with one attached hydrogen (secondary N) is 2. The molecule has 1 fully saturated rings. The zero-order valence-electron chi connectivity index (χ0n) is 15.7. The van der Waals surface area contributed by atoms with Crippen molar-refractivity contribution in [2.45, 2.75) is 30.7 Å². The third-order valence-corrected chi connectivity index (χ3v) is 6.24. The number of rotatable bonds is 7. The van der Waals surface area contributed by atoms with E-state index in [0.717, 1.165) is 24.0 Å². The smallest absolute Gasteiger partial charge is 0.251 e. The normalized spacial score (nSPS) is 15.2. The molecule has 0 heterocycles. The minimum atomic E-state index is -3.74. The molecule has 2 aromatic rings. The van der Waals surface area contributed by atoms with Crippen LogP contribution >= 0.6 is 0 Å². The molecule has 1 aliphatic rings. The second-order valence-corrected chi connectivity index (χ2v) is 8.63. The van der Waals surface area contributed by atoms with Crippen LogP contribution in [0.2, 0.25) is 0 Å². The van der Waals surface area contributed by atoms with Gasteiger partial charge in [-0.1, -0.05) is 29.8 Å². The third kappa shape index (κ3) is 4.31. The van der Waals surface area contributed by atoms with Gasteiger partial charge in [-0.2, -0.15) is 0 Å². The monoisotopic (exact) mass is 388 g/mol. The highest BCUT2D eigenvalue weighted by atomic mass is 32.2. The summed E-state index contributed by atoms with van der Waals surface area (Å²) in [4.78, 5) is 12.8. The molecule has 7 heteroatoms. The topological polar surface area (TPSA) is 84.5 Å². The summed E-state index contributed by atoms with van der Waals surface area (Å²) in [5.74, 6) is 0.302. The van der Waals surface area contributed by atoms with Gasteiger partial charge in [0.1, 0.15) is 10.6 Å². The van der Waals surface area contributed by atoms with Crippen LogP contribution in [0.15, 0.2) is 47.4 Å². The highest BCUT2D eigenvalue weighted by Gasteiger charge is 2.33. The standard InChI is InChI=1S/C20H24N2O4S/c1-13-4-6-14(7-5-13)19(15-8-9-15)22-20(23)16-10-11-17(26-3)18(12-16)27(24,25)21-2/h4-7,10-12,15,19,21H,8-9H2,1-3H3,(H,22,23). The minimum Gasteiger partial charge on any atom is -0.495 e. The Morgan fingerprint density at radius 2 is 1.81 bits per heavy atom. The Balaban J connectivity index is 1.88. The predicted octanol–water partition coefficient (Wildman–Crippen LogP) is 2.79. The van der Waals surface area contributed by atoms with Crippen LogP contribution in [0.1, 0.15) is 40.4 Å². The lowest BCUT2D eigenvalue weighted by molar-refractivity contribution is 0.0931. The van der Waals surface area contributed by atoms with Crippen molar-refractivity contribution in [3.05, 3.63) is 59.2 Å². The van der Waals surface area contributed by atoms with E-state index in [1.54, 1.807) is 6.07 Å². The van der Waals surface area contributed by atoms with Crippen molar-refractivity contribution in [1.29, 1.82) is 0 Å². The Hall–Kier alpha value is -2.38. The molecule has 0 aliphatic heterocycles. The quantitative estimate of drug-likeness (QED) is 0.764.